The number of anilines is 1. The van der Waals surface area contributed by atoms with E-state index in [0.717, 1.165) is 31.7 Å². The van der Waals surface area contributed by atoms with Crippen molar-refractivity contribution in [3.05, 3.63) is 30.1 Å². The Hall–Kier alpha value is -1.09. The minimum atomic E-state index is -0.181. The third-order valence-electron chi connectivity index (χ3n) is 2.97. The second-order valence-electron chi connectivity index (χ2n) is 3.93. The summed E-state index contributed by atoms with van der Waals surface area (Å²) in [4.78, 5) is 2.21. The summed E-state index contributed by atoms with van der Waals surface area (Å²) in [5.41, 5.74) is 1.07. The van der Waals surface area contributed by atoms with Crippen LogP contribution in [0.25, 0.3) is 0 Å². The molecule has 1 fully saturated rings. The molecule has 1 heterocycles. The van der Waals surface area contributed by atoms with Gasteiger partial charge in [-0.05, 0) is 37.1 Å². The maximum absolute atomic E-state index is 12.8. The topological polar surface area (TPSA) is 12.5 Å². The van der Waals surface area contributed by atoms with Crippen molar-refractivity contribution in [2.45, 2.75) is 18.9 Å². The monoisotopic (exact) mass is 209 g/mol. The van der Waals surface area contributed by atoms with Gasteiger partial charge in [-0.1, -0.05) is 0 Å². The maximum atomic E-state index is 12.8. The van der Waals surface area contributed by atoms with Gasteiger partial charge in [-0.2, -0.15) is 0 Å². The predicted molar refractivity (Wildman–Crippen MR) is 58.6 cm³/mol. The Kier molecular flexibility index (Phi) is 3.21. The Labute approximate surface area is 89.7 Å². The van der Waals surface area contributed by atoms with E-state index < -0.39 is 0 Å². The lowest BCUT2D eigenvalue weighted by Gasteiger charge is -2.32. The SMILES string of the molecule is CN(c1ccc(F)cc1)C1CCOCC1. The summed E-state index contributed by atoms with van der Waals surface area (Å²) in [5, 5.41) is 0. The molecular weight excluding hydrogens is 193 g/mol. The van der Waals surface area contributed by atoms with E-state index in [1.54, 1.807) is 0 Å². The molecule has 82 valence electrons. The van der Waals surface area contributed by atoms with Crippen molar-refractivity contribution >= 4 is 5.69 Å². The van der Waals surface area contributed by atoms with Crippen LogP contribution in [0, 0.1) is 5.82 Å². The number of hydrogen-bond donors (Lipinski definition) is 0. The molecule has 0 N–H and O–H groups in total. The van der Waals surface area contributed by atoms with Gasteiger partial charge in [0, 0.05) is 32.0 Å². The van der Waals surface area contributed by atoms with Crippen LogP contribution in [0.3, 0.4) is 0 Å². The fraction of sp³-hybridized carbons (Fsp3) is 0.500. The van der Waals surface area contributed by atoms with E-state index in [1.807, 2.05) is 12.1 Å². The number of hydrogen-bond acceptors (Lipinski definition) is 2. The average molecular weight is 209 g/mol. The molecular formula is C12H16FNO. The highest BCUT2D eigenvalue weighted by Crippen LogP contribution is 2.21. The van der Waals surface area contributed by atoms with Gasteiger partial charge in [0.1, 0.15) is 5.82 Å². The molecule has 2 rings (SSSR count). The van der Waals surface area contributed by atoms with Crippen LogP contribution in [0.15, 0.2) is 24.3 Å². The molecule has 0 radical (unpaired) electrons. The molecule has 15 heavy (non-hydrogen) atoms. The van der Waals surface area contributed by atoms with Crippen molar-refractivity contribution < 1.29 is 9.13 Å². The lowest BCUT2D eigenvalue weighted by molar-refractivity contribution is 0.0855. The molecule has 2 nitrogen and oxygen atoms in total. The fourth-order valence-corrected chi connectivity index (χ4v) is 1.96. The Morgan fingerprint density at radius 3 is 2.40 bits per heavy atom. The Bertz CT molecular complexity index is 306. The summed E-state index contributed by atoms with van der Waals surface area (Å²) < 4.78 is 18.1. The minimum Gasteiger partial charge on any atom is -0.381 e. The van der Waals surface area contributed by atoms with Crippen LogP contribution >= 0.6 is 0 Å². The zero-order chi connectivity index (χ0) is 10.7. The van der Waals surface area contributed by atoms with Gasteiger partial charge in [0.15, 0.2) is 0 Å². The number of ether oxygens (including phenoxy) is 1. The normalized spacial score (nSPS) is 17.7. The van der Waals surface area contributed by atoms with Crippen LogP contribution in [-0.4, -0.2) is 26.3 Å². The smallest absolute Gasteiger partial charge is 0.123 e. The third-order valence-corrected chi connectivity index (χ3v) is 2.97. The molecule has 0 bridgehead atoms. The molecule has 3 heteroatoms. The molecule has 1 saturated heterocycles. The van der Waals surface area contributed by atoms with Gasteiger partial charge in [-0.15, -0.1) is 0 Å². The summed E-state index contributed by atoms with van der Waals surface area (Å²) in [6.07, 6.45) is 2.10. The fourth-order valence-electron chi connectivity index (χ4n) is 1.96. The van der Waals surface area contributed by atoms with E-state index >= 15 is 0 Å². The first-order valence-corrected chi connectivity index (χ1v) is 5.33. The van der Waals surface area contributed by atoms with Crippen LogP contribution in [0.5, 0.6) is 0 Å². The molecule has 1 aromatic rings. The number of nitrogens with zero attached hydrogens (tertiary/aromatic N) is 1. The van der Waals surface area contributed by atoms with Crippen molar-refractivity contribution in [3.63, 3.8) is 0 Å². The quantitative estimate of drug-likeness (QED) is 0.741. The predicted octanol–water partition coefficient (Wildman–Crippen LogP) is 2.44. The van der Waals surface area contributed by atoms with Gasteiger partial charge in [0.2, 0.25) is 0 Å². The second-order valence-corrected chi connectivity index (χ2v) is 3.93. The zero-order valence-corrected chi connectivity index (χ0v) is 8.95. The molecule has 0 spiro atoms. The Morgan fingerprint density at radius 1 is 1.20 bits per heavy atom. The summed E-state index contributed by atoms with van der Waals surface area (Å²) in [6, 6.07) is 7.18. The largest absolute Gasteiger partial charge is 0.381 e. The van der Waals surface area contributed by atoms with Crippen molar-refractivity contribution in [3.8, 4) is 0 Å². The highest BCUT2D eigenvalue weighted by atomic mass is 19.1. The third kappa shape index (κ3) is 2.48. The maximum Gasteiger partial charge on any atom is 0.123 e. The first-order chi connectivity index (χ1) is 7.27. The van der Waals surface area contributed by atoms with Gasteiger partial charge in [0.25, 0.3) is 0 Å². The molecule has 1 aliphatic rings. The molecule has 0 amide bonds. The average Bonchev–Trinajstić information content (AvgIpc) is 2.30. The van der Waals surface area contributed by atoms with Crippen molar-refractivity contribution in [1.29, 1.82) is 0 Å². The zero-order valence-electron chi connectivity index (χ0n) is 8.95. The van der Waals surface area contributed by atoms with Gasteiger partial charge >= 0.3 is 0 Å². The lowest BCUT2D eigenvalue weighted by Crippen LogP contribution is -2.36. The highest BCUT2D eigenvalue weighted by molar-refractivity contribution is 5.46. The van der Waals surface area contributed by atoms with E-state index in [4.69, 9.17) is 4.74 Å². The van der Waals surface area contributed by atoms with Crippen LogP contribution in [-0.2, 0) is 4.74 Å². The summed E-state index contributed by atoms with van der Waals surface area (Å²) in [5.74, 6) is -0.181. The van der Waals surface area contributed by atoms with Crippen molar-refractivity contribution in [2.24, 2.45) is 0 Å². The standard InChI is InChI=1S/C12H16FNO/c1-14(12-6-8-15-9-7-12)11-4-2-10(13)3-5-11/h2-5,12H,6-9H2,1H3. The van der Waals surface area contributed by atoms with Gasteiger partial charge in [-0.3, -0.25) is 0 Å². The van der Waals surface area contributed by atoms with E-state index in [0.29, 0.717) is 6.04 Å². The first kappa shape index (κ1) is 10.4. The summed E-state index contributed by atoms with van der Waals surface area (Å²) in [7, 11) is 2.06. The van der Waals surface area contributed by atoms with E-state index in [2.05, 4.69) is 11.9 Å². The van der Waals surface area contributed by atoms with Gasteiger partial charge in [0.05, 0.1) is 0 Å². The molecule has 1 aromatic carbocycles. The van der Waals surface area contributed by atoms with Crippen molar-refractivity contribution in [2.75, 3.05) is 25.2 Å². The first-order valence-electron chi connectivity index (χ1n) is 5.33. The van der Waals surface area contributed by atoms with Crippen LogP contribution in [0.1, 0.15) is 12.8 Å². The molecule has 0 unspecified atom stereocenters. The van der Waals surface area contributed by atoms with Crippen LogP contribution < -0.4 is 4.90 Å². The summed E-state index contributed by atoms with van der Waals surface area (Å²) in [6.45, 7) is 1.66. The summed E-state index contributed by atoms with van der Waals surface area (Å²) >= 11 is 0. The molecule has 0 aliphatic carbocycles. The number of rotatable bonds is 2. The van der Waals surface area contributed by atoms with Crippen LogP contribution in [0.4, 0.5) is 10.1 Å². The Balaban J connectivity index is 2.05. The van der Waals surface area contributed by atoms with Crippen LogP contribution in [0.2, 0.25) is 0 Å². The van der Waals surface area contributed by atoms with E-state index in [1.165, 1.54) is 12.1 Å². The Morgan fingerprint density at radius 2 is 1.80 bits per heavy atom. The number of benzene rings is 1. The van der Waals surface area contributed by atoms with Gasteiger partial charge < -0.3 is 9.64 Å². The van der Waals surface area contributed by atoms with E-state index in [9.17, 15) is 4.39 Å². The second kappa shape index (κ2) is 4.62. The molecule has 1 aliphatic heterocycles. The lowest BCUT2D eigenvalue weighted by atomic mass is 10.1. The number of halogens is 1. The molecule has 0 aromatic heterocycles. The van der Waals surface area contributed by atoms with E-state index in [-0.39, 0.29) is 5.82 Å². The van der Waals surface area contributed by atoms with Crippen molar-refractivity contribution in [1.82, 2.24) is 0 Å². The van der Waals surface area contributed by atoms with Gasteiger partial charge in [-0.25, -0.2) is 4.39 Å². The molecule has 0 saturated carbocycles. The molecule has 0 atom stereocenters. The highest BCUT2D eigenvalue weighted by Gasteiger charge is 2.18. The minimum absolute atomic E-state index is 0.181.